The van der Waals surface area contributed by atoms with Gasteiger partial charge in [-0.1, -0.05) is 13.8 Å². The number of furan rings is 1. The van der Waals surface area contributed by atoms with Gasteiger partial charge in [-0.25, -0.2) is 15.0 Å². The molecule has 1 aliphatic heterocycles. The molecule has 0 amide bonds. The first-order chi connectivity index (χ1) is 11.7. The average Bonchev–Trinajstić information content (AvgIpc) is 3.30. The highest BCUT2D eigenvalue weighted by Gasteiger charge is 2.27. The zero-order chi connectivity index (χ0) is 16.3. The highest BCUT2D eigenvalue weighted by atomic mass is 16.3. The lowest BCUT2D eigenvalue weighted by molar-refractivity contribution is 0.641. The van der Waals surface area contributed by atoms with Gasteiger partial charge in [-0.3, -0.25) is 0 Å². The normalized spacial score (nSPS) is 17.5. The van der Waals surface area contributed by atoms with E-state index in [1.165, 1.54) is 36.1 Å². The van der Waals surface area contributed by atoms with Gasteiger partial charge < -0.3 is 9.32 Å². The van der Waals surface area contributed by atoms with Gasteiger partial charge in [-0.2, -0.15) is 0 Å². The summed E-state index contributed by atoms with van der Waals surface area (Å²) in [5, 5.41) is 1.13. The Morgan fingerprint density at radius 1 is 1.04 bits per heavy atom. The summed E-state index contributed by atoms with van der Waals surface area (Å²) in [5.41, 5.74) is 6.55. The lowest BCUT2D eigenvalue weighted by atomic mass is 9.99. The molecule has 0 atom stereocenters. The minimum Gasteiger partial charge on any atom is -0.432 e. The SMILES string of the molecule is CC(C)c1nc2oc3c(N4CCCC4)ncnc3c2c2c1CCC2. The summed E-state index contributed by atoms with van der Waals surface area (Å²) >= 11 is 0. The van der Waals surface area contributed by atoms with Gasteiger partial charge in [0.15, 0.2) is 11.4 Å². The number of anilines is 1. The van der Waals surface area contributed by atoms with Gasteiger partial charge in [0.1, 0.15) is 11.8 Å². The van der Waals surface area contributed by atoms with Crippen LogP contribution in [-0.2, 0) is 12.8 Å². The van der Waals surface area contributed by atoms with Crippen molar-refractivity contribution < 1.29 is 4.42 Å². The van der Waals surface area contributed by atoms with Crippen molar-refractivity contribution in [3.63, 3.8) is 0 Å². The van der Waals surface area contributed by atoms with Gasteiger partial charge in [0.2, 0.25) is 5.71 Å². The van der Waals surface area contributed by atoms with Gasteiger partial charge >= 0.3 is 0 Å². The number of hydrogen-bond acceptors (Lipinski definition) is 5. The van der Waals surface area contributed by atoms with Crippen molar-refractivity contribution in [2.75, 3.05) is 18.0 Å². The van der Waals surface area contributed by atoms with Gasteiger partial charge in [0.25, 0.3) is 0 Å². The van der Waals surface area contributed by atoms with Gasteiger partial charge in [-0.15, -0.1) is 0 Å². The first-order valence-corrected chi connectivity index (χ1v) is 9.08. The van der Waals surface area contributed by atoms with Crippen molar-refractivity contribution in [2.24, 2.45) is 0 Å². The van der Waals surface area contributed by atoms with Crippen molar-refractivity contribution >= 4 is 28.0 Å². The Balaban J connectivity index is 1.84. The average molecular weight is 322 g/mol. The van der Waals surface area contributed by atoms with E-state index in [1.54, 1.807) is 6.33 Å². The number of rotatable bonds is 2. The van der Waals surface area contributed by atoms with E-state index >= 15 is 0 Å². The van der Waals surface area contributed by atoms with Crippen LogP contribution < -0.4 is 4.90 Å². The van der Waals surface area contributed by atoms with E-state index in [2.05, 4.69) is 28.7 Å². The van der Waals surface area contributed by atoms with E-state index in [0.29, 0.717) is 5.92 Å². The summed E-state index contributed by atoms with van der Waals surface area (Å²) in [5.74, 6) is 1.35. The zero-order valence-electron chi connectivity index (χ0n) is 14.3. The van der Waals surface area contributed by atoms with Crippen LogP contribution in [0.4, 0.5) is 5.82 Å². The van der Waals surface area contributed by atoms with E-state index in [9.17, 15) is 0 Å². The molecule has 0 spiro atoms. The third-order valence-corrected chi connectivity index (χ3v) is 5.44. The summed E-state index contributed by atoms with van der Waals surface area (Å²) in [6.07, 6.45) is 7.55. The molecule has 3 aromatic heterocycles. The van der Waals surface area contributed by atoms with Crippen LogP contribution in [-0.4, -0.2) is 28.0 Å². The fourth-order valence-electron chi connectivity index (χ4n) is 4.35. The molecule has 4 heterocycles. The summed E-state index contributed by atoms with van der Waals surface area (Å²) in [6, 6.07) is 0. The maximum absolute atomic E-state index is 6.23. The predicted molar refractivity (Wildman–Crippen MR) is 94.7 cm³/mol. The Hall–Kier alpha value is -2.17. The van der Waals surface area contributed by atoms with Crippen molar-refractivity contribution in [1.82, 2.24) is 15.0 Å². The van der Waals surface area contributed by atoms with Crippen LogP contribution in [0.2, 0.25) is 0 Å². The second kappa shape index (κ2) is 5.16. The van der Waals surface area contributed by atoms with E-state index in [0.717, 1.165) is 53.9 Å². The van der Waals surface area contributed by atoms with Crippen molar-refractivity contribution in [1.29, 1.82) is 0 Å². The highest BCUT2D eigenvalue weighted by molar-refractivity contribution is 6.06. The van der Waals surface area contributed by atoms with Crippen LogP contribution in [0.3, 0.4) is 0 Å². The van der Waals surface area contributed by atoms with Crippen LogP contribution >= 0.6 is 0 Å². The molecule has 5 nitrogen and oxygen atoms in total. The lowest BCUT2D eigenvalue weighted by Gasteiger charge is -2.15. The fraction of sp³-hybridized carbons (Fsp3) is 0.526. The highest BCUT2D eigenvalue weighted by Crippen LogP contribution is 2.40. The second-order valence-electron chi connectivity index (χ2n) is 7.31. The molecule has 24 heavy (non-hydrogen) atoms. The number of aryl methyl sites for hydroxylation is 1. The molecule has 5 heteroatoms. The Labute approximate surface area is 141 Å². The topological polar surface area (TPSA) is 55.1 Å². The Bertz CT molecular complexity index is 938. The monoisotopic (exact) mass is 322 g/mol. The molecule has 2 aliphatic rings. The maximum atomic E-state index is 6.23. The number of fused-ring (bicyclic) bond motifs is 5. The summed E-state index contributed by atoms with van der Waals surface area (Å²) in [4.78, 5) is 16.3. The van der Waals surface area contributed by atoms with Crippen molar-refractivity contribution in [2.45, 2.75) is 51.9 Å². The van der Waals surface area contributed by atoms with Gasteiger partial charge in [-0.05, 0) is 49.1 Å². The molecule has 1 aliphatic carbocycles. The maximum Gasteiger partial charge on any atom is 0.229 e. The minimum atomic E-state index is 0.415. The van der Waals surface area contributed by atoms with Gasteiger partial charge in [0.05, 0.1) is 11.1 Å². The van der Waals surface area contributed by atoms with Crippen LogP contribution in [0.1, 0.15) is 55.8 Å². The third kappa shape index (κ3) is 1.90. The lowest BCUT2D eigenvalue weighted by Crippen LogP contribution is -2.19. The summed E-state index contributed by atoms with van der Waals surface area (Å²) in [6.45, 7) is 6.52. The van der Waals surface area contributed by atoms with Crippen LogP contribution in [0.25, 0.3) is 22.2 Å². The quantitative estimate of drug-likeness (QED) is 0.714. The molecule has 0 aromatic carbocycles. The zero-order valence-corrected chi connectivity index (χ0v) is 14.3. The standard InChI is InChI=1S/C19H22N4O/c1-11(2)15-13-7-5-6-12(13)14-16-17(24-19(14)22-15)18(21-10-20-16)23-8-3-4-9-23/h10-11H,3-9H2,1-2H3. The molecule has 0 saturated carbocycles. The molecule has 1 fully saturated rings. The predicted octanol–water partition coefficient (Wildman–Crippen LogP) is 3.98. The molecule has 0 N–H and O–H groups in total. The molecule has 124 valence electrons. The third-order valence-electron chi connectivity index (χ3n) is 5.44. The Morgan fingerprint density at radius 3 is 2.62 bits per heavy atom. The molecule has 0 radical (unpaired) electrons. The Kier molecular flexibility index (Phi) is 3.05. The molecule has 3 aromatic rings. The molecule has 0 bridgehead atoms. The summed E-state index contributed by atoms with van der Waals surface area (Å²) < 4.78 is 6.23. The van der Waals surface area contributed by atoms with Crippen molar-refractivity contribution in [3.05, 3.63) is 23.1 Å². The van der Waals surface area contributed by atoms with Crippen LogP contribution in [0.5, 0.6) is 0 Å². The molecule has 0 unspecified atom stereocenters. The number of pyridine rings is 1. The van der Waals surface area contributed by atoms with Crippen LogP contribution in [0, 0.1) is 0 Å². The molecular formula is C19H22N4O. The smallest absolute Gasteiger partial charge is 0.229 e. The molecule has 1 saturated heterocycles. The largest absolute Gasteiger partial charge is 0.432 e. The minimum absolute atomic E-state index is 0.415. The number of hydrogen-bond donors (Lipinski definition) is 0. The van der Waals surface area contributed by atoms with E-state index in [-0.39, 0.29) is 0 Å². The second-order valence-corrected chi connectivity index (χ2v) is 7.31. The van der Waals surface area contributed by atoms with E-state index in [1.807, 2.05) is 0 Å². The fourth-order valence-corrected chi connectivity index (χ4v) is 4.35. The van der Waals surface area contributed by atoms with Crippen LogP contribution in [0.15, 0.2) is 10.7 Å². The molecule has 5 rings (SSSR count). The molecular weight excluding hydrogens is 300 g/mol. The summed E-state index contributed by atoms with van der Waals surface area (Å²) in [7, 11) is 0. The van der Waals surface area contributed by atoms with E-state index in [4.69, 9.17) is 9.40 Å². The first kappa shape index (κ1) is 14.2. The van der Waals surface area contributed by atoms with Crippen molar-refractivity contribution in [3.8, 4) is 0 Å². The number of nitrogens with zero attached hydrogens (tertiary/aromatic N) is 4. The Morgan fingerprint density at radius 2 is 1.83 bits per heavy atom. The van der Waals surface area contributed by atoms with Gasteiger partial charge in [0, 0.05) is 13.1 Å². The van der Waals surface area contributed by atoms with E-state index < -0.39 is 0 Å². The first-order valence-electron chi connectivity index (χ1n) is 9.08. The number of aromatic nitrogens is 3.